The molecule has 0 spiro atoms. The summed E-state index contributed by atoms with van der Waals surface area (Å²) >= 11 is 3.30. The van der Waals surface area contributed by atoms with Gasteiger partial charge in [-0.1, -0.05) is 28.1 Å². The number of carboxylic acid groups (broad SMARTS) is 1. The Morgan fingerprint density at radius 1 is 1.50 bits per heavy atom. The van der Waals surface area contributed by atoms with E-state index >= 15 is 0 Å². The van der Waals surface area contributed by atoms with E-state index in [4.69, 9.17) is 5.11 Å². The van der Waals surface area contributed by atoms with E-state index in [1.807, 2.05) is 24.3 Å². The van der Waals surface area contributed by atoms with Crippen molar-refractivity contribution in [1.29, 1.82) is 0 Å². The molecule has 0 unspecified atom stereocenters. The highest BCUT2D eigenvalue weighted by atomic mass is 79.9. The summed E-state index contributed by atoms with van der Waals surface area (Å²) in [6.45, 7) is 0. The van der Waals surface area contributed by atoms with Gasteiger partial charge in [0.2, 0.25) is 0 Å². The van der Waals surface area contributed by atoms with Gasteiger partial charge in [0.25, 0.3) is 0 Å². The maximum atomic E-state index is 10.3. The molecule has 0 saturated carbocycles. The monoisotopic (exact) mass is 258 g/mol. The molecule has 0 aliphatic carbocycles. The summed E-state index contributed by atoms with van der Waals surface area (Å²) < 4.78 is 0.928. The van der Waals surface area contributed by atoms with Crippen molar-refractivity contribution in [3.63, 3.8) is 0 Å². The summed E-state index contributed by atoms with van der Waals surface area (Å²) in [5.41, 5.74) is 0.924. The fraction of sp³-hybridized carbons (Fsp3) is 0.300. The Kier molecular flexibility index (Phi) is 4.10. The van der Waals surface area contributed by atoms with Gasteiger partial charge in [-0.15, -0.1) is 0 Å². The largest absolute Gasteiger partial charge is 0.481 e. The molecular formula is C10H11BrO3. The molecular weight excluding hydrogens is 248 g/mol. The van der Waals surface area contributed by atoms with Crippen LogP contribution in [0, 0.1) is 0 Å². The van der Waals surface area contributed by atoms with Crippen molar-refractivity contribution in [2.75, 3.05) is 0 Å². The van der Waals surface area contributed by atoms with Gasteiger partial charge in [-0.2, -0.15) is 0 Å². The lowest BCUT2D eigenvalue weighted by atomic mass is 10.1. The summed E-state index contributed by atoms with van der Waals surface area (Å²) in [5.74, 6) is -0.979. The van der Waals surface area contributed by atoms with Crippen LogP contribution < -0.4 is 0 Å². The van der Waals surface area contributed by atoms with Crippen molar-refractivity contribution in [3.8, 4) is 0 Å². The number of carbonyl (C=O) groups is 1. The first kappa shape index (κ1) is 11.2. The molecule has 0 aliphatic heterocycles. The zero-order valence-electron chi connectivity index (χ0n) is 7.48. The third kappa shape index (κ3) is 3.89. The Bertz CT molecular complexity index is 325. The number of hydrogen-bond donors (Lipinski definition) is 2. The van der Waals surface area contributed by atoms with Crippen molar-refractivity contribution in [2.45, 2.75) is 18.9 Å². The summed E-state index contributed by atoms with van der Waals surface area (Å²) in [5, 5.41) is 17.8. The van der Waals surface area contributed by atoms with Crippen LogP contribution in [0.1, 0.15) is 12.0 Å². The van der Waals surface area contributed by atoms with E-state index in [-0.39, 0.29) is 6.42 Å². The first-order valence-corrected chi connectivity index (χ1v) is 5.01. The van der Waals surface area contributed by atoms with E-state index in [1.54, 1.807) is 0 Å². The van der Waals surface area contributed by atoms with E-state index in [0.29, 0.717) is 6.42 Å². The summed E-state index contributed by atoms with van der Waals surface area (Å²) in [7, 11) is 0. The average Bonchev–Trinajstić information content (AvgIpc) is 2.01. The Morgan fingerprint density at radius 3 is 2.79 bits per heavy atom. The molecule has 0 aromatic heterocycles. The second-order valence-electron chi connectivity index (χ2n) is 3.09. The lowest BCUT2D eigenvalue weighted by Gasteiger charge is -2.07. The molecule has 1 rings (SSSR count). The third-order valence-corrected chi connectivity index (χ3v) is 2.26. The standard InChI is InChI=1S/C10H11BrO3/c11-8-3-1-2-7(4-8)5-9(12)6-10(13)14/h1-4,9,12H,5-6H2,(H,13,14)/t9-/m0/s1. The van der Waals surface area contributed by atoms with E-state index in [0.717, 1.165) is 10.0 Å². The van der Waals surface area contributed by atoms with Crippen LogP contribution >= 0.6 is 15.9 Å². The predicted molar refractivity (Wildman–Crippen MR) is 56.1 cm³/mol. The van der Waals surface area contributed by atoms with Crippen molar-refractivity contribution < 1.29 is 15.0 Å². The number of hydrogen-bond acceptors (Lipinski definition) is 2. The molecule has 0 fully saturated rings. The van der Waals surface area contributed by atoms with Gasteiger partial charge in [-0.05, 0) is 24.1 Å². The molecule has 0 aliphatic rings. The van der Waals surface area contributed by atoms with E-state index in [2.05, 4.69) is 15.9 Å². The van der Waals surface area contributed by atoms with Crippen molar-refractivity contribution in [3.05, 3.63) is 34.3 Å². The normalized spacial score (nSPS) is 12.4. The van der Waals surface area contributed by atoms with Gasteiger partial charge >= 0.3 is 5.97 Å². The molecule has 1 aromatic rings. The minimum Gasteiger partial charge on any atom is -0.481 e. The second-order valence-corrected chi connectivity index (χ2v) is 4.00. The molecule has 0 radical (unpaired) electrons. The molecule has 0 heterocycles. The van der Waals surface area contributed by atoms with Gasteiger partial charge in [0.15, 0.2) is 0 Å². The van der Waals surface area contributed by atoms with Gasteiger partial charge in [-0.3, -0.25) is 4.79 Å². The molecule has 1 aromatic carbocycles. The fourth-order valence-corrected chi connectivity index (χ4v) is 1.66. The molecule has 1 atom stereocenters. The number of rotatable bonds is 4. The molecule has 4 heteroatoms. The minimum absolute atomic E-state index is 0.216. The van der Waals surface area contributed by atoms with E-state index in [1.165, 1.54) is 0 Å². The van der Waals surface area contributed by atoms with Crippen molar-refractivity contribution in [2.24, 2.45) is 0 Å². The number of benzene rings is 1. The topological polar surface area (TPSA) is 57.5 Å². The maximum absolute atomic E-state index is 10.3. The highest BCUT2D eigenvalue weighted by Crippen LogP contribution is 2.13. The van der Waals surface area contributed by atoms with Gasteiger partial charge in [-0.25, -0.2) is 0 Å². The lowest BCUT2D eigenvalue weighted by Crippen LogP contribution is -2.15. The first-order valence-electron chi connectivity index (χ1n) is 4.22. The number of aliphatic carboxylic acids is 1. The van der Waals surface area contributed by atoms with Crippen LogP contribution in [0.2, 0.25) is 0 Å². The smallest absolute Gasteiger partial charge is 0.305 e. The van der Waals surface area contributed by atoms with E-state index in [9.17, 15) is 9.90 Å². The Hall–Kier alpha value is -0.870. The molecule has 76 valence electrons. The van der Waals surface area contributed by atoms with Crippen LogP contribution in [-0.2, 0) is 11.2 Å². The highest BCUT2D eigenvalue weighted by Gasteiger charge is 2.09. The van der Waals surface area contributed by atoms with Crippen LogP contribution in [0.3, 0.4) is 0 Å². The average molecular weight is 259 g/mol. The zero-order chi connectivity index (χ0) is 10.6. The summed E-state index contributed by atoms with van der Waals surface area (Å²) in [4.78, 5) is 10.3. The zero-order valence-corrected chi connectivity index (χ0v) is 9.07. The van der Waals surface area contributed by atoms with Crippen LogP contribution in [-0.4, -0.2) is 22.3 Å². The molecule has 0 saturated heterocycles. The Balaban J connectivity index is 2.55. The van der Waals surface area contributed by atoms with Gasteiger partial charge in [0.1, 0.15) is 0 Å². The molecule has 0 amide bonds. The Labute approximate surface area is 90.5 Å². The quantitative estimate of drug-likeness (QED) is 0.867. The van der Waals surface area contributed by atoms with Crippen LogP contribution in [0.25, 0.3) is 0 Å². The number of halogens is 1. The molecule has 14 heavy (non-hydrogen) atoms. The van der Waals surface area contributed by atoms with E-state index < -0.39 is 12.1 Å². The fourth-order valence-electron chi connectivity index (χ4n) is 1.21. The molecule has 3 nitrogen and oxygen atoms in total. The van der Waals surface area contributed by atoms with Gasteiger partial charge in [0, 0.05) is 4.47 Å². The van der Waals surface area contributed by atoms with Crippen LogP contribution in [0.15, 0.2) is 28.7 Å². The summed E-state index contributed by atoms with van der Waals surface area (Å²) in [6, 6.07) is 7.46. The minimum atomic E-state index is -0.979. The maximum Gasteiger partial charge on any atom is 0.305 e. The predicted octanol–water partition coefficient (Wildman–Crippen LogP) is 1.83. The van der Waals surface area contributed by atoms with Gasteiger partial charge < -0.3 is 10.2 Å². The molecule has 2 N–H and O–H groups in total. The first-order chi connectivity index (χ1) is 6.58. The Morgan fingerprint density at radius 2 is 2.21 bits per heavy atom. The third-order valence-electron chi connectivity index (χ3n) is 1.77. The van der Waals surface area contributed by atoms with Crippen molar-refractivity contribution in [1.82, 2.24) is 0 Å². The number of aliphatic hydroxyl groups excluding tert-OH is 1. The second kappa shape index (κ2) is 5.12. The summed E-state index contributed by atoms with van der Waals surface area (Å²) in [6.07, 6.45) is -0.667. The highest BCUT2D eigenvalue weighted by molar-refractivity contribution is 9.10. The molecule has 0 bridgehead atoms. The van der Waals surface area contributed by atoms with Crippen molar-refractivity contribution >= 4 is 21.9 Å². The number of carboxylic acids is 1. The van der Waals surface area contributed by atoms with Crippen LogP contribution in [0.5, 0.6) is 0 Å². The lowest BCUT2D eigenvalue weighted by molar-refractivity contribution is -0.139. The van der Waals surface area contributed by atoms with Gasteiger partial charge in [0.05, 0.1) is 12.5 Å². The SMILES string of the molecule is O=C(O)C[C@@H](O)Cc1cccc(Br)c1. The van der Waals surface area contributed by atoms with Crippen LogP contribution in [0.4, 0.5) is 0 Å². The number of aliphatic hydroxyl groups is 1.